The normalized spacial score (nSPS) is 11.9. The Labute approximate surface area is 230 Å². The van der Waals surface area contributed by atoms with Gasteiger partial charge in [-0.3, -0.25) is 0 Å². The van der Waals surface area contributed by atoms with Gasteiger partial charge in [-0.2, -0.15) is 26.3 Å². The maximum absolute atomic E-state index is 12.6. The molecule has 0 unspecified atom stereocenters. The van der Waals surface area contributed by atoms with Gasteiger partial charge in [-0.15, -0.1) is 22.7 Å². The number of phenolic OH excluding ortho intramolecular Hbond substituents is 2. The summed E-state index contributed by atoms with van der Waals surface area (Å²) in [6.07, 6.45) is -8.76. The number of alkyl halides is 6. The van der Waals surface area contributed by atoms with E-state index in [9.17, 15) is 36.6 Å². The Hall–Kier alpha value is -4.16. The fourth-order valence-corrected chi connectivity index (χ4v) is 5.71. The van der Waals surface area contributed by atoms with E-state index in [1.165, 1.54) is 46.9 Å². The van der Waals surface area contributed by atoms with Gasteiger partial charge in [0.2, 0.25) is 0 Å². The number of benzene rings is 4. The number of hydrogen-bond acceptors (Lipinski definition) is 6. The molecule has 0 amide bonds. The van der Waals surface area contributed by atoms with Crippen molar-refractivity contribution in [2.24, 2.45) is 0 Å². The van der Waals surface area contributed by atoms with Crippen LogP contribution in [-0.2, 0) is 12.4 Å². The van der Waals surface area contributed by atoms with Crippen LogP contribution in [-0.4, -0.2) is 20.2 Å². The van der Waals surface area contributed by atoms with Crippen LogP contribution in [0.15, 0.2) is 84.9 Å². The second-order valence-corrected chi connectivity index (χ2v) is 10.5. The van der Waals surface area contributed by atoms with Gasteiger partial charge in [0.05, 0.1) is 42.7 Å². The highest BCUT2D eigenvalue weighted by Gasteiger charge is 2.31. The SMILES string of the molecule is Oc1ccccc1-c1nc2cc(C(F)(F)F)ccc2s1.Oc1ccccc1-c1nc2cc(C(F)(F)F)ccc2s1. The number of halogens is 6. The number of thiazole rings is 2. The molecule has 0 saturated carbocycles. The van der Waals surface area contributed by atoms with E-state index in [1.807, 2.05) is 0 Å². The van der Waals surface area contributed by atoms with E-state index >= 15 is 0 Å². The average molecular weight is 591 g/mol. The molecule has 12 heteroatoms. The summed E-state index contributed by atoms with van der Waals surface area (Å²) in [6.45, 7) is 0. The highest BCUT2D eigenvalue weighted by atomic mass is 32.1. The van der Waals surface area contributed by atoms with E-state index in [-0.39, 0.29) is 22.5 Å². The molecule has 4 nitrogen and oxygen atoms in total. The lowest BCUT2D eigenvalue weighted by molar-refractivity contribution is -0.138. The molecule has 0 spiro atoms. The second-order valence-electron chi connectivity index (χ2n) is 8.43. The summed E-state index contributed by atoms with van der Waals surface area (Å²) in [7, 11) is 0. The molecule has 0 saturated heterocycles. The first kappa shape index (κ1) is 27.4. The number of rotatable bonds is 2. The third-order valence-corrected chi connectivity index (χ3v) is 7.84. The van der Waals surface area contributed by atoms with Gasteiger partial charge in [0.25, 0.3) is 0 Å². The van der Waals surface area contributed by atoms with Gasteiger partial charge in [-0.25, -0.2) is 9.97 Å². The average Bonchev–Trinajstić information content (AvgIpc) is 3.52. The zero-order chi connectivity index (χ0) is 28.7. The van der Waals surface area contributed by atoms with Crippen molar-refractivity contribution >= 4 is 43.1 Å². The minimum Gasteiger partial charge on any atom is -0.507 e. The van der Waals surface area contributed by atoms with Crippen LogP contribution < -0.4 is 0 Å². The molecule has 2 N–H and O–H groups in total. The van der Waals surface area contributed by atoms with E-state index in [2.05, 4.69) is 9.97 Å². The van der Waals surface area contributed by atoms with Crippen molar-refractivity contribution in [1.82, 2.24) is 9.97 Å². The number of para-hydroxylation sites is 2. The zero-order valence-electron chi connectivity index (χ0n) is 20.0. The topological polar surface area (TPSA) is 66.2 Å². The van der Waals surface area contributed by atoms with E-state index in [4.69, 9.17) is 0 Å². The van der Waals surface area contributed by atoms with Gasteiger partial charge in [0, 0.05) is 0 Å². The Balaban J connectivity index is 0.000000161. The number of aromatic nitrogens is 2. The van der Waals surface area contributed by atoms with Gasteiger partial charge in [0.15, 0.2) is 0 Å². The van der Waals surface area contributed by atoms with E-state index < -0.39 is 23.5 Å². The van der Waals surface area contributed by atoms with Crippen LogP contribution in [0.4, 0.5) is 26.3 Å². The summed E-state index contributed by atoms with van der Waals surface area (Å²) >= 11 is 2.49. The molecule has 204 valence electrons. The molecule has 4 aromatic carbocycles. The Morgan fingerprint density at radius 3 is 1.25 bits per heavy atom. The van der Waals surface area contributed by atoms with Crippen molar-refractivity contribution in [3.05, 3.63) is 96.1 Å². The first-order chi connectivity index (χ1) is 18.9. The van der Waals surface area contributed by atoms with E-state index in [1.54, 1.807) is 36.4 Å². The quantitative estimate of drug-likeness (QED) is 0.197. The monoisotopic (exact) mass is 590 g/mol. The van der Waals surface area contributed by atoms with Crippen LogP contribution in [0.1, 0.15) is 11.1 Å². The number of phenols is 2. The zero-order valence-corrected chi connectivity index (χ0v) is 21.6. The van der Waals surface area contributed by atoms with Crippen molar-refractivity contribution in [2.75, 3.05) is 0 Å². The summed E-state index contributed by atoms with van der Waals surface area (Å²) in [5.74, 6) is 0.116. The molecular formula is C28H16F6N2O2S2. The summed E-state index contributed by atoms with van der Waals surface area (Å²) in [4.78, 5) is 8.35. The smallest absolute Gasteiger partial charge is 0.416 e. The maximum atomic E-state index is 12.6. The number of aromatic hydroxyl groups is 2. The van der Waals surface area contributed by atoms with Crippen LogP contribution in [0.25, 0.3) is 41.6 Å². The first-order valence-corrected chi connectivity index (χ1v) is 13.1. The molecule has 0 aliphatic heterocycles. The van der Waals surface area contributed by atoms with Gasteiger partial charge in [-0.05, 0) is 60.7 Å². The van der Waals surface area contributed by atoms with Crippen molar-refractivity contribution in [2.45, 2.75) is 12.4 Å². The summed E-state index contributed by atoms with van der Waals surface area (Å²) in [5, 5.41) is 20.5. The Morgan fingerprint density at radius 2 is 0.900 bits per heavy atom. The van der Waals surface area contributed by atoms with Gasteiger partial charge in [0.1, 0.15) is 21.5 Å². The molecule has 0 aliphatic carbocycles. The molecule has 40 heavy (non-hydrogen) atoms. The van der Waals surface area contributed by atoms with Crippen LogP contribution in [0.3, 0.4) is 0 Å². The molecule has 6 rings (SSSR count). The lowest BCUT2D eigenvalue weighted by Gasteiger charge is -2.04. The minimum absolute atomic E-state index is 0.0580. The Bertz CT molecular complexity index is 1690. The van der Waals surface area contributed by atoms with Crippen molar-refractivity contribution < 1.29 is 36.6 Å². The van der Waals surface area contributed by atoms with Crippen molar-refractivity contribution in [3.8, 4) is 32.6 Å². The second kappa shape index (κ2) is 10.4. The summed E-state index contributed by atoms with van der Waals surface area (Å²) < 4.78 is 77.2. The highest BCUT2D eigenvalue weighted by molar-refractivity contribution is 7.22. The number of nitrogens with zero attached hydrogens (tertiary/aromatic N) is 2. The van der Waals surface area contributed by atoms with Gasteiger partial charge < -0.3 is 10.2 Å². The molecule has 0 aliphatic rings. The maximum Gasteiger partial charge on any atom is 0.416 e. The third-order valence-electron chi connectivity index (χ3n) is 5.70. The highest BCUT2D eigenvalue weighted by Crippen LogP contribution is 2.39. The predicted octanol–water partition coefficient (Wildman–Crippen LogP) is 9.38. The summed E-state index contributed by atoms with van der Waals surface area (Å²) in [6, 6.07) is 20.1. The van der Waals surface area contributed by atoms with Gasteiger partial charge >= 0.3 is 12.4 Å². The molecule has 6 aromatic rings. The van der Waals surface area contributed by atoms with Crippen molar-refractivity contribution in [1.29, 1.82) is 0 Å². The summed E-state index contributed by atoms with van der Waals surface area (Å²) in [5.41, 5.74) is 0.147. The standard InChI is InChI=1S/2C14H8F3NOS/c2*15-14(16,17)8-5-6-12-10(7-8)18-13(20-12)9-3-1-2-4-11(9)19/h2*1-7,19H. The molecular weight excluding hydrogens is 574 g/mol. The molecule has 0 fully saturated rings. The Kier molecular flexibility index (Phi) is 7.15. The minimum atomic E-state index is -4.38. The molecule has 0 radical (unpaired) electrons. The largest absolute Gasteiger partial charge is 0.507 e. The molecule has 2 heterocycles. The number of fused-ring (bicyclic) bond motifs is 2. The van der Waals surface area contributed by atoms with Crippen LogP contribution in [0, 0.1) is 0 Å². The van der Waals surface area contributed by atoms with Crippen molar-refractivity contribution in [3.63, 3.8) is 0 Å². The Morgan fingerprint density at radius 1 is 0.525 bits per heavy atom. The third kappa shape index (κ3) is 5.73. The number of hydrogen-bond donors (Lipinski definition) is 2. The lowest BCUT2D eigenvalue weighted by atomic mass is 10.2. The molecule has 2 aromatic heterocycles. The lowest BCUT2D eigenvalue weighted by Crippen LogP contribution is -2.03. The van der Waals surface area contributed by atoms with Gasteiger partial charge in [-0.1, -0.05) is 24.3 Å². The molecule has 0 bridgehead atoms. The van der Waals surface area contributed by atoms with Crippen LogP contribution in [0.2, 0.25) is 0 Å². The van der Waals surface area contributed by atoms with Crippen LogP contribution >= 0.6 is 22.7 Å². The predicted molar refractivity (Wildman–Crippen MR) is 143 cm³/mol. The fraction of sp³-hybridized carbons (Fsp3) is 0.0714. The van der Waals surface area contributed by atoms with Crippen LogP contribution in [0.5, 0.6) is 11.5 Å². The van der Waals surface area contributed by atoms with E-state index in [0.717, 1.165) is 24.3 Å². The van der Waals surface area contributed by atoms with E-state index in [0.29, 0.717) is 30.5 Å². The first-order valence-electron chi connectivity index (χ1n) is 11.4. The fourth-order valence-electron chi connectivity index (χ4n) is 3.75. The molecule has 0 atom stereocenters.